The standard InChI is InChI=1S/C18H32N2O/c21-18(13-15-11-16-8-9-17(12-15)20-16)19-10-4-7-14-5-2-1-3-6-14/h14-17,20H,1-13H2,(H,19,21). The largest absolute Gasteiger partial charge is 0.356 e. The lowest BCUT2D eigenvalue weighted by Crippen LogP contribution is -2.39. The van der Waals surface area contributed by atoms with Crippen molar-refractivity contribution in [3.05, 3.63) is 0 Å². The van der Waals surface area contributed by atoms with Gasteiger partial charge in [0.05, 0.1) is 0 Å². The van der Waals surface area contributed by atoms with Crippen LogP contribution in [0.3, 0.4) is 0 Å². The van der Waals surface area contributed by atoms with Crippen LogP contribution in [0.2, 0.25) is 0 Å². The molecular weight excluding hydrogens is 260 g/mol. The normalized spacial score (nSPS) is 33.0. The van der Waals surface area contributed by atoms with Gasteiger partial charge in [-0.1, -0.05) is 32.1 Å². The van der Waals surface area contributed by atoms with Crippen LogP contribution in [-0.4, -0.2) is 24.5 Å². The topological polar surface area (TPSA) is 41.1 Å². The number of nitrogens with one attached hydrogen (secondary N) is 2. The van der Waals surface area contributed by atoms with Gasteiger partial charge >= 0.3 is 0 Å². The number of piperidine rings is 1. The molecule has 3 heteroatoms. The highest BCUT2D eigenvalue weighted by Gasteiger charge is 2.34. The van der Waals surface area contributed by atoms with Crippen LogP contribution in [0.1, 0.15) is 77.0 Å². The highest BCUT2D eigenvalue weighted by molar-refractivity contribution is 5.76. The highest BCUT2D eigenvalue weighted by atomic mass is 16.1. The number of amides is 1. The van der Waals surface area contributed by atoms with E-state index in [9.17, 15) is 4.79 Å². The molecule has 2 saturated heterocycles. The molecule has 1 amide bonds. The van der Waals surface area contributed by atoms with Gasteiger partial charge < -0.3 is 10.6 Å². The molecule has 3 aliphatic rings. The third-order valence-electron chi connectivity index (χ3n) is 5.88. The Morgan fingerprint density at radius 2 is 1.67 bits per heavy atom. The molecule has 3 fully saturated rings. The van der Waals surface area contributed by atoms with Crippen molar-refractivity contribution in [1.82, 2.24) is 10.6 Å². The predicted molar refractivity (Wildman–Crippen MR) is 86.1 cm³/mol. The predicted octanol–water partition coefficient (Wildman–Crippen LogP) is 3.38. The lowest BCUT2D eigenvalue weighted by Gasteiger charge is -2.28. The summed E-state index contributed by atoms with van der Waals surface area (Å²) in [6.07, 6.45) is 15.5. The lowest BCUT2D eigenvalue weighted by atomic mass is 9.86. The fraction of sp³-hybridized carbons (Fsp3) is 0.944. The molecule has 0 aromatic heterocycles. The first-order valence-corrected chi connectivity index (χ1v) is 9.32. The number of hydrogen-bond donors (Lipinski definition) is 2. The molecule has 0 radical (unpaired) electrons. The van der Waals surface area contributed by atoms with E-state index in [0.717, 1.165) is 18.9 Å². The molecule has 2 N–H and O–H groups in total. The van der Waals surface area contributed by atoms with Crippen molar-refractivity contribution in [3.63, 3.8) is 0 Å². The summed E-state index contributed by atoms with van der Waals surface area (Å²) in [6.45, 7) is 0.896. The quantitative estimate of drug-likeness (QED) is 0.737. The van der Waals surface area contributed by atoms with Crippen molar-refractivity contribution < 1.29 is 4.79 Å². The van der Waals surface area contributed by atoms with E-state index in [-0.39, 0.29) is 0 Å². The second-order valence-electron chi connectivity index (χ2n) is 7.68. The summed E-state index contributed by atoms with van der Waals surface area (Å²) >= 11 is 0. The minimum atomic E-state index is 0.296. The smallest absolute Gasteiger partial charge is 0.220 e. The first-order valence-electron chi connectivity index (χ1n) is 9.32. The third-order valence-corrected chi connectivity index (χ3v) is 5.88. The van der Waals surface area contributed by atoms with Gasteiger partial charge in [0, 0.05) is 25.0 Å². The molecule has 1 saturated carbocycles. The van der Waals surface area contributed by atoms with Gasteiger partial charge in [-0.3, -0.25) is 4.79 Å². The van der Waals surface area contributed by atoms with Gasteiger partial charge in [-0.2, -0.15) is 0 Å². The van der Waals surface area contributed by atoms with Crippen LogP contribution in [-0.2, 0) is 4.79 Å². The Morgan fingerprint density at radius 3 is 2.38 bits per heavy atom. The zero-order chi connectivity index (χ0) is 14.5. The van der Waals surface area contributed by atoms with Crippen molar-refractivity contribution in [1.29, 1.82) is 0 Å². The van der Waals surface area contributed by atoms with Crippen molar-refractivity contribution in [2.45, 2.75) is 89.1 Å². The second-order valence-corrected chi connectivity index (χ2v) is 7.68. The molecule has 2 heterocycles. The summed E-state index contributed by atoms with van der Waals surface area (Å²) < 4.78 is 0. The fourth-order valence-electron chi connectivity index (χ4n) is 4.77. The summed E-state index contributed by atoms with van der Waals surface area (Å²) in [5.74, 6) is 1.86. The highest BCUT2D eigenvalue weighted by Crippen LogP contribution is 2.32. The Bertz CT molecular complexity index is 326. The van der Waals surface area contributed by atoms with Crippen LogP contribution >= 0.6 is 0 Å². The van der Waals surface area contributed by atoms with E-state index in [1.165, 1.54) is 70.6 Å². The molecule has 0 aromatic rings. The van der Waals surface area contributed by atoms with Crippen LogP contribution in [0.5, 0.6) is 0 Å². The Morgan fingerprint density at radius 1 is 0.952 bits per heavy atom. The zero-order valence-electron chi connectivity index (χ0n) is 13.4. The van der Waals surface area contributed by atoms with E-state index < -0.39 is 0 Å². The van der Waals surface area contributed by atoms with Gasteiger partial charge in [0.15, 0.2) is 0 Å². The van der Waals surface area contributed by atoms with Crippen molar-refractivity contribution in [3.8, 4) is 0 Å². The maximum absolute atomic E-state index is 12.1. The van der Waals surface area contributed by atoms with Gasteiger partial charge in [-0.25, -0.2) is 0 Å². The monoisotopic (exact) mass is 292 g/mol. The van der Waals surface area contributed by atoms with Gasteiger partial charge in [-0.05, 0) is 50.4 Å². The number of rotatable bonds is 6. The average Bonchev–Trinajstić information content (AvgIpc) is 2.84. The molecule has 1 aliphatic carbocycles. The van der Waals surface area contributed by atoms with E-state index in [1.54, 1.807) is 0 Å². The molecular formula is C18H32N2O. The minimum absolute atomic E-state index is 0.296. The Hall–Kier alpha value is -0.570. The summed E-state index contributed by atoms with van der Waals surface area (Å²) in [5.41, 5.74) is 0. The van der Waals surface area contributed by atoms with Crippen LogP contribution in [0.25, 0.3) is 0 Å². The Balaban J connectivity index is 1.26. The molecule has 0 spiro atoms. The van der Waals surface area contributed by atoms with Crippen molar-refractivity contribution >= 4 is 5.91 Å². The first kappa shape index (κ1) is 15.3. The number of hydrogen-bond acceptors (Lipinski definition) is 2. The summed E-state index contributed by atoms with van der Waals surface area (Å²) in [5, 5.41) is 6.81. The fourth-order valence-corrected chi connectivity index (χ4v) is 4.77. The average molecular weight is 292 g/mol. The van der Waals surface area contributed by atoms with Crippen LogP contribution < -0.4 is 10.6 Å². The molecule has 2 aliphatic heterocycles. The van der Waals surface area contributed by atoms with Gasteiger partial charge in [0.1, 0.15) is 0 Å². The van der Waals surface area contributed by atoms with Crippen molar-refractivity contribution in [2.75, 3.05) is 6.54 Å². The van der Waals surface area contributed by atoms with Crippen molar-refractivity contribution in [2.24, 2.45) is 11.8 Å². The minimum Gasteiger partial charge on any atom is -0.356 e. The van der Waals surface area contributed by atoms with Crippen LogP contribution in [0.4, 0.5) is 0 Å². The second kappa shape index (κ2) is 7.62. The number of fused-ring (bicyclic) bond motifs is 2. The van der Waals surface area contributed by atoms with Gasteiger partial charge in [0.25, 0.3) is 0 Å². The Labute approximate surface area is 129 Å². The van der Waals surface area contributed by atoms with E-state index in [2.05, 4.69) is 10.6 Å². The SMILES string of the molecule is O=C(CC1CC2CCC(C1)N2)NCCCC1CCCCC1. The van der Waals surface area contributed by atoms with Crippen LogP contribution in [0, 0.1) is 11.8 Å². The molecule has 3 nitrogen and oxygen atoms in total. The first-order chi connectivity index (χ1) is 10.3. The molecule has 2 unspecified atom stereocenters. The molecule has 2 bridgehead atoms. The zero-order valence-corrected chi connectivity index (χ0v) is 13.4. The van der Waals surface area contributed by atoms with Gasteiger partial charge in [-0.15, -0.1) is 0 Å². The summed E-state index contributed by atoms with van der Waals surface area (Å²) in [4.78, 5) is 12.1. The molecule has 120 valence electrons. The van der Waals surface area contributed by atoms with E-state index in [0.29, 0.717) is 23.9 Å². The van der Waals surface area contributed by atoms with E-state index in [4.69, 9.17) is 0 Å². The van der Waals surface area contributed by atoms with E-state index in [1.807, 2.05) is 0 Å². The maximum Gasteiger partial charge on any atom is 0.220 e. The molecule has 2 atom stereocenters. The van der Waals surface area contributed by atoms with E-state index >= 15 is 0 Å². The summed E-state index contributed by atoms with van der Waals surface area (Å²) in [6, 6.07) is 1.40. The third kappa shape index (κ3) is 4.70. The molecule has 0 aromatic carbocycles. The number of carbonyl (C=O) groups excluding carboxylic acids is 1. The molecule has 21 heavy (non-hydrogen) atoms. The number of carbonyl (C=O) groups is 1. The maximum atomic E-state index is 12.1. The molecule has 3 rings (SSSR count). The summed E-state index contributed by atoms with van der Waals surface area (Å²) in [7, 11) is 0. The Kier molecular flexibility index (Phi) is 5.56. The van der Waals surface area contributed by atoms with Gasteiger partial charge in [0.2, 0.25) is 5.91 Å². The lowest BCUT2D eigenvalue weighted by molar-refractivity contribution is -0.122. The van der Waals surface area contributed by atoms with Crippen LogP contribution in [0.15, 0.2) is 0 Å².